The SMILES string of the molecule is Cc1ccccc1NC(=O)[C@@H](C)n1cnc2oc(C)c(C)c2c1=O. The highest BCUT2D eigenvalue weighted by molar-refractivity contribution is 5.94. The van der Waals surface area contributed by atoms with Crippen molar-refractivity contribution < 1.29 is 9.21 Å². The number of anilines is 1. The highest BCUT2D eigenvalue weighted by Crippen LogP contribution is 2.20. The van der Waals surface area contributed by atoms with Crippen LogP contribution < -0.4 is 10.9 Å². The van der Waals surface area contributed by atoms with Crippen LogP contribution in [0.1, 0.15) is 29.9 Å². The van der Waals surface area contributed by atoms with Crippen molar-refractivity contribution in [3.05, 3.63) is 57.8 Å². The van der Waals surface area contributed by atoms with Gasteiger partial charge >= 0.3 is 0 Å². The lowest BCUT2D eigenvalue weighted by atomic mass is 10.2. The molecule has 24 heavy (non-hydrogen) atoms. The van der Waals surface area contributed by atoms with Crippen LogP contribution in [-0.4, -0.2) is 15.5 Å². The zero-order chi connectivity index (χ0) is 17.4. The van der Waals surface area contributed by atoms with Gasteiger partial charge < -0.3 is 9.73 Å². The molecule has 0 aliphatic heterocycles. The molecule has 1 atom stereocenters. The Morgan fingerprint density at radius 2 is 1.96 bits per heavy atom. The van der Waals surface area contributed by atoms with E-state index in [2.05, 4.69) is 10.3 Å². The van der Waals surface area contributed by atoms with E-state index >= 15 is 0 Å². The third kappa shape index (κ3) is 2.60. The third-order valence-corrected chi connectivity index (χ3v) is 4.31. The molecule has 3 aromatic rings. The number of amides is 1. The third-order valence-electron chi connectivity index (χ3n) is 4.31. The summed E-state index contributed by atoms with van der Waals surface area (Å²) in [6.07, 6.45) is 1.36. The average molecular weight is 325 g/mol. The number of benzene rings is 1. The van der Waals surface area contributed by atoms with E-state index in [9.17, 15) is 9.59 Å². The van der Waals surface area contributed by atoms with E-state index < -0.39 is 6.04 Å². The van der Waals surface area contributed by atoms with Crippen LogP contribution in [0.3, 0.4) is 0 Å². The summed E-state index contributed by atoms with van der Waals surface area (Å²) in [5, 5.41) is 3.28. The molecule has 2 heterocycles. The van der Waals surface area contributed by atoms with Gasteiger partial charge in [0.15, 0.2) is 0 Å². The standard InChI is InChI=1S/C18H19N3O3/c1-10-7-5-6-8-14(10)20-16(22)12(3)21-9-19-17-15(18(21)23)11(2)13(4)24-17/h5-9,12H,1-4H3,(H,20,22)/t12-/m1/s1. The highest BCUT2D eigenvalue weighted by Gasteiger charge is 2.21. The van der Waals surface area contributed by atoms with Gasteiger partial charge in [-0.2, -0.15) is 0 Å². The Morgan fingerprint density at radius 3 is 2.67 bits per heavy atom. The van der Waals surface area contributed by atoms with E-state index in [1.807, 2.05) is 38.1 Å². The number of furan rings is 1. The molecule has 6 heteroatoms. The summed E-state index contributed by atoms with van der Waals surface area (Å²) in [6, 6.07) is 6.81. The summed E-state index contributed by atoms with van der Waals surface area (Å²) in [5.41, 5.74) is 2.47. The predicted molar refractivity (Wildman–Crippen MR) is 92.3 cm³/mol. The number of nitrogens with one attached hydrogen (secondary N) is 1. The smallest absolute Gasteiger partial charge is 0.265 e. The van der Waals surface area contributed by atoms with Crippen LogP contribution in [0, 0.1) is 20.8 Å². The molecule has 1 amide bonds. The number of carbonyl (C=O) groups is 1. The summed E-state index contributed by atoms with van der Waals surface area (Å²) in [4.78, 5) is 29.4. The van der Waals surface area contributed by atoms with Gasteiger partial charge in [0.05, 0.1) is 0 Å². The maximum absolute atomic E-state index is 12.7. The Balaban J connectivity index is 1.96. The van der Waals surface area contributed by atoms with Crippen molar-refractivity contribution in [2.75, 3.05) is 5.32 Å². The van der Waals surface area contributed by atoms with Crippen molar-refractivity contribution >= 4 is 22.7 Å². The summed E-state index contributed by atoms with van der Waals surface area (Å²) in [6.45, 7) is 7.18. The summed E-state index contributed by atoms with van der Waals surface area (Å²) < 4.78 is 6.79. The second-order valence-corrected chi connectivity index (χ2v) is 5.90. The van der Waals surface area contributed by atoms with E-state index in [1.165, 1.54) is 10.9 Å². The Hall–Kier alpha value is -2.89. The molecule has 0 saturated carbocycles. The lowest BCUT2D eigenvalue weighted by Gasteiger charge is -2.15. The highest BCUT2D eigenvalue weighted by atomic mass is 16.3. The van der Waals surface area contributed by atoms with Gasteiger partial charge in [0, 0.05) is 11.3 Å². The first-order chi connectivity index (χ1) is 11.4. The number of carbonyl (C=O) groups excluding carboxylic acids is 1. The number of para-hydroxylation sites is 1. The van der Waals surface area contributed by atoms with Crippen molar-refractivity contribution in [2.24, 2.45) is 0 Å². The van der Waals surface area contributed by atoms with E-state index in [4.69, 9.17) is 4.42 Å². The van der Waals surface area contributed by atoms with Gasteiger partial charge in [0.1, 0.15) is 23.5 Å². The number of rotatable bonds is 3. The van der Waals surface area contributed by atoms with E-state index in [1.54, 1.807) is 13.8 Å². The van der Waals surface area contributed by atoms with Crippen LogP contribution in [0.5, 0.6) is 0 Å². The van der Waals surface area contributed by atoms with E-state index in [0.717, 1.165) is 16.8 Å². The maximum Gasteiger partial charge on any atom is 0.265 e. The lowest BCUT2D eigenvalue weighted by Crippen LogP contribution is -2.32. The minimum absolute atomic E-state index is 0.273. The van der Waals surface area contributed by atoms with Crippen LogP contribution in [0.15, 0.2) is 39.8 Å². The molecular formula is C18H19N3O3. The molecule has 0 unspecified atom stereocenters. The lowest BCUT2D eigenvalue weighted by molar-refractivity contribution is -0.118. The van der Waals surface area contributed by atoms with Crippen molar-refractivity contribution in [1.82, 2.24) is 9.55 Å². The van der Waals surface area contributed by atoms with Gasteiger partial charge in [-0.15, -0.1) is 0 Å². The van der Waals surface area contributed by atoms with Gasteiger partial charge in [-0.05, 0) is 39.3 Å². The fourth-order valence-electron chi connectivity index (χ4n) is 2.60. The van der Waals surface area contributed by atoms with Crippen LogP contribution in [0.4, 0.5) is 5.69 Å². The quantitative estimate of drug-likeness (QED) is 0.802. The first-order valence-corrected chi connectivity index (χ1v) is 7.73. The Kier molecular flexibility index (Phi) is 3.97. The molecule has 6 nitrogen and oxygen atoms in total. The Labute approximate surface area is 139 Å². The number of fused-ring (bicyclic) bond motifs is 1. The van der Waals surface area contributed by atoms with Crippen LogP contribution in [0.2, 0.25) is 0 Å². The van der Waals surface area contributed by atoms with Crippen LogP contribution in [0.25, 0.3) is 11.1 Å². The van der Waals surface area contributed by atoms with Gasteiger partial charge in [-0.1, -0.05) is 18.2 Å². The zero-order valence-electron chi connectivity index (χ0n) is 14.1. The van der Waals surface area contributed by atoms with Crippen molar-refractivity contribution in [1.29, 1.82) is 0 Å². The number of hydrogen-bond acceptors (Lipinski definition) is 4. The molecule has 124 valence electrons. The minimum atomic E-state index is -0.691. The Bertz CT molecular complexity index is 985. The van der Waals surface area contributed by atoms with E-state index in [0.29, 0.717) is 16.9 Å². The van der Waals surface area contributed by atoms with Gasteiger partial charge in [0.2, 0.25) is 11.6 Å². The molecule has 0 fully saturated rings. The Morgan fingerprint density at radius 1 is 1.25 bits per heavy atom. The summed E-state index contributed by atoms with van der Waals surface area (Å²) >= 11 is 0. The largest absolute Gasteiger partial charge is 0.443 e. The van der Waals surface area contributed by atoms with Gasteiger partial charge in [-0.25, -0.2) is 4.98 Å². The fourth-order valence-corrected chi connectivity index (χ4v) is 2.60. The first-order valence-electron chi connectivity index (χ1n) is 7.73. The van der Waals surface area contributed by atoms with Gasteiger partial charge in [0.25, 0.3) is 5.56 Å². The monoisotopic (exact) mass is 325 g/mol. The molecule has 0 spiro atoms. The zero-order valence-corrected chi connectivity index (χ0v) is 14.1. The summed E-state index contributed by atoms with van der Waals surface area (Å²) in [7, 11) is 0. The molecule has 0 saturated heterocycles. The predicted octanol–water partition coefficient (Wildman–Crippen LogP) is 3.11. The number of aryl methyl sites for hydroxylation is 3. The van der Waals surface area contributed by atoms with E-state index in [-0.39, 0.29) is 11.5 Å². The molecule has 1 aromatic carbocycles. The molecule has 0 bridgehead atoms. The molecule has 1 N–H and O–H groups in total. The van der Waals surface area contributed by atoms with Crippen LogP contribution in [-0.2, 0) is 4.79 Å². The second kappa shape index (κ2) is 5.96. The topological polar surface area (TPSA) is 77.1 Å². The van der Waals surface area contributed by atoms with Crippen molar-refractivity contribution in [3.63, 3.8) is 0 Å². The molecule has 0 aliphatic carbocycles. The molecule has 2 aromatic heterocycles. The molecule has 0 aliphatic rings. The maximum atomic E-state index is 12.7. The molecular weight excluding hydrogens is 306 g/mol. The van der Waals surface area contributed by atoms with Gasteiger partial charge in [-0.3, -0.25) is 14.2 Å². The first kappa shape index (κ1) is 16.0. The minimum Gasteiger partial charge on any atom is -0.443 e. The summed E-state index contributed by atoms with van der Waals surface area (Å²) in [5.74, 6) is 0.384. The molecule has 0 radical (unpaired) electrons. The second-order valence-electron chi connectivity index (χ2n) is 5.90. The normalized spacial score (nSPS) is 12.3. The van der Waals surface area contributed by atoms with Crippen LogP contribution >= 0.6 is 0 Å². The van der Waals surface area contributed by atoms with Crippen molar-refractivity contribution in [3.8, 4) is 0 Å². The number of aromatic nitrogens is 2. The number of hydrogen-bond donors (Lipinski definition) is 1. The van der Waals surface area contributed by atoms with Crippen molar-refractivity contribution in [2.45, 2.75) is 33.7 Å². The fraction of sp³-hybridized carbons (Fsp3) is 0.278. The molecule has 3 rings (SSSR count). The number of nitrogens with zero attached hydrogens (tertiary/aromatic N) is 2. The average Bonchev–Trinajstić information content (AvgIpc) is 2.84.